The Bertz CT molecular complexity index is 1180. The topological polar surface area (TPSA) is 81.1 Å². The highest BCUT2D eigenvalue weighted by molar-refractivity contribution is 6.02. The molecule has 9 heteroatoms. The quantitative estimate of drug-likeness (QED) is 0.462. The Morgan fingerprint density at radius 2 is 1.90 bits per heavy atom. The molecule has 7 nitrogen and oxygen atoms in total. The van der Waals surface area contributed by atoms with Crippen LogP contribution < -0.4 is 15.4 Å². The van der Waals surface area contributed by atoms with Gasteiger partial charge in [0.1, 0.15) is 5.52 Å². The van der Waals surface area contributed by atoms with Crippen LogP contribution in [0.15, 0.2) is 73.1 Å². The van der Waals surface area contributed by atoms with Crippen molar-refractivity contribution in [2.24, 2.45) is 0 Å². The zero-order valence-electron chi connectivity index (χ0n) is 16.3. The van der Waals surface area contributed by atoms with Crippen molar-refractivity contribution in [2.45, 2.75) is 13.0 Å². The number of hydrogen-bond donors (Lipinski definition) is 2. The second-order valence-electron chi connectivity index (χ2n) is 6.61. The monoisotopic (exact) mass is 423 g/mol. The summed E-state index contributed by atoms with van der Waals surface area (Å²) in [5.41, 5.74) is 2.48. The summed E-state index contributed by atoms with van der Waals surface area (Å²) in [6.07, 6.45) is 3.89. The maximum atomic E-state index is 12.6. The lowest BCUT2D eigenvalue weighted by Crippen LogP contribution is -2.30. The third kappa shape index (κ3) is 4.95. The van der Waals surface area contributed by atoms with E-state index in [2.05, 4.69) is 25.5 Å². The van der Waals surface area contributed by atoms with Crippen LogP contribution in [0.4, 0.5) is 19.3 Å². The number of para-hydroxylation sites is 1. The Balaban J connectivity index is 1.36. The van der Waals surface area contributed by atoms with Crippen molar-refractivity contribution in [3.63, 3.8) is 0 Å². The highest BCUT2D eigenvalue weighted by Crippen LogP contribution is 2.30. The van der Waals surface area contributed by atoms with Crippen LogP contribution in [0.3, 0.4) is 0 Å². The SMILES string of the molecule is O=C(NCCc1ccn(-c2ccccc2)n1)Nc1ccc(OC(F)F)c2ncccc12. The van der Waals surface area contributed by atoms with E-state index in [0.29, 0.717) is 24.0 Å². The summed E-state index contributed by atoms with van der Waals surface area (Å²) in [6, 6.07) is 17.4. The first-order chi connectivity index (χ1) is 15.1. The largest absolute Gasteiger partial charge is 0.432 e. The Hall–Kier alpha value is -4.01. The Morgan fingerprint density at radius 3 is 2.71 bits per heavy atom. The van der Waals surface area contributed by atoms with Gasteiger partial charge in [0.2, 0.25) is 0 Å². The summed E-state index contributed by atoms with van der Waals surface area (Å²) >= 11 is 0. The minimum Gasteiger partial charge on any atom is -0.432 e. The molecule has 0 aliphatic carbocycles. The van der Waals surface area contributed by atoms with Gasteiger partial charge in [0.25, 0.3) is 0 Å². The number of pyridine rings is 1. The Labute approximate surface area is 176 Å². The van der Waals surface area contributed by atoms with Gasteiger partial charge in [0.05, 0.1) is 17.1 Å². The first-order valence-corrected chi connectivity index (χ1v) is 9.57. The van der Waals surface area contributed by atoms with Gasteiger partial charge in [0, 0.05) is 30.7 Å². The van der Waals surface area contributed by atoms with Gasteiger partial charge in [-0.05, 0) is 42.5 Å². The molecule has 0 fully saturated rings. The third-order valence-corrected chi connectivity index (χ3v) is 4.53. The van der Waals surface area contributed by atoms with Gasteiger partial charge in [-0.1, -0.05) is 18.2 Å². The van der Waals surface area contributed by atoms with Crippen molar-refractivity contribution in [1.29, 1.82) is 0 Å². The fraction of sp³-hybridized carbons (Fsp3) is 0.136. The number of benzene rings is 2. The lowest BCUT2D eigenvalue weighted by Gasteiger charge is -2.12. The summed E-state index contributed by atoms with van der Waals surface area (Å²) in [7, 11) is 0. The number of urea groups is 1. The molecule has 2 N–H and O–H groups in total. The number of ether oxygens (including phenoxy) is 1. The predicted molar refractivity (Wildman–Crippen MR) is 113 cm³/mol. The van der Waals surface area contributed by atoms with Gasteiger partial charge in [-0.25, -0.2) is 9.48 Å². The van der Waals surface area contributed by atoms with Gasteiger partial charge in [-0.3, -0.25) is 4.98 Å². The summed E-state index contributed by atoms with van der Waals surface area (Å²) in [4.78, 5) is 16.4. The van der Waals surface area contributed by atoms with E-state index in [1.54, 1.807) is 16.8 Å². The van der Waals surface area contributed by atoms with E-state index in [-0.39, 0.29) is 11.3 Å². The number of aromatic nitrogens is 3. The fourth-order valence-electron chi connectivity index (χ4n) is 3.14. The van der Waals surface area contributed by atoms with E-state index >= 15 is 0 Å². The van der Waals surface area contributed by atoms with E-state index < -0.39 is 12.6 Å². The number of halogens is 2. The smallest absolute Gasteiger partial charge is 0.387 e. The maximum absolute atomic E-state index is 12.6. The van der Waals surface area contributed by atoms with Crippen molar-refractivity contribution >= 4 is 22.6 Å². The molecular weight excluding hydrogens is 404 g/mol. The van der Waals surface area contributed by atoms with Crippen LogP contribution in [0.25, 0.3) is 16.6 Å². The van der Waals surface area contributed by atoms with E-state index in [4.69, 9.17) is 0 Å². The second-order valence-corrected chi connectivity index (χ2v) is 6.61. The summed E-state index contributed by atoms with van der Waals surface area (Å²) in [6.45, 7) is -2.59. The molecule has 158 valence electrons. The second kappa shape index (κ2) is 9.21. The molecule has 2 aromatic heterocycles. The molecule has 0 saturated heterocycles. The van der Waals surface area contributed by atoms with Crippen LogP contribution in [0.5, 0.6) is 5.75 Å². The molecule has 0 atom stereocenters. The van der Waals surface area contributed by atoms with Crippen molar-refractivity contribution in [3.05, 3.63) is 78.8 Å². The predicted octanol–water partition coefficient (Wildman–Crippen LogP) is 4.39. The normalized spacial score (nSPS) is 10.9. The van der Waals surface area contributed by atoms with E-state index in [1.807, 2.05) is 42.6 Å². The van der Waals surface area contributed by atoms with Crippen LogP contribution in [-0.4, -0.2) is 34.0 Å². The first kappa shape index (κ1) is 20.3. The molecular formula is C22H19F2N5O2. The molecule has 31 heavy (non-hydrogen) atoms. The molecule has 0 spiro atoms. The third-order valence-electron chi connectivity index (χ3n) is 4.53. The number of nitrogens with zero attached hydrogens (tertiary/aromatic N) is 3. The molecule has 4 rings (SSSR count). The summed E-state index contributed by atoms with van der Waals surface area (Å²) < 4.78 is 31.5. The van der Waals surface area contributed by atoms with Gasteiger partial charge < -0.3 is 15.4 Å². The van der Waals surface area contributed by atoms with Gasteiger partial charge >= 0.3 is 12.6 Å². The zero-order chi connectivity index (χ0) is 21.6. The molecule has 2 amide bonds. The number of hydrogen-bond acceptors (Lipinski definition) is 4. The molecule has 0 unspecified atom stereocenters. The summed E-state index contributed by atoms with van der Waals surface area (Å²) in [5, 5.41) is 10.5. The number of anilines is 1. The van der Waals surface area contributed by atoms with Crippen molar-refractivity contribution < 1.29 is 18.3 Å². The number of carbonyl (C=O) groups excluding carboxylic acids is 1. The van der Waals surface area contributed by atoms with Crippen molar-refractivity contribution in [2.75, 3.05) is 11.9 Å². The average Bonchev–Trinajstić information content (AvgIpc) is 3.25. The van der Waals surface area contributed by atoms with Gasteiger partial charge in [-0.2, -0.15) is 13.9 Å². The molecule has 0 radical (unpaired) electrons. The van der Waals surface area contributed by atoms with Crippen LogP contribution >= 0.6 is 0 Å². The minimum absolute atomic E-state index is 0.0504. The van der Waals surface area contributed by atoms with Crippen LogP contribution in [0.2, 0.25) is 0 Å². The number of alkyl halides is 2. The van der Waals surface area contributed by atoms with Gasteiger partial charge in [0.15, 0.2) is 5.75 Å². The fourth-order valence-corrected chi connectivity index (χ4v) is 3.14. The molecule has 4 aromatic rings. The van der Waals surface area contributed by atoms with Crippen molar-refractivity contribution in [1.82, 2.24) is 20.1 Å². The van der Waals surface area contributed by atoms with Crippen LogP contribution in [-0.2, 0) is 6.42 Å². The molecule has 0 bridgehead atoms. The number of amides is 2. The molecule has 0 aliphatic rings. The standard InChI is InChI=1S/C22H19F2N5O2/c23-21(24)31-19-9-8-18(17-7-4-12-25-20(17)19)27-22(30)26-13-10-15-11-14-29(28-15)16-5-2-1-3-6-16/h1-9,11-12,14,21H,10,13H2,(H2,26,27,30). The molecule has 2 heterocycles. The van der Waals surface area contributed by atoms with E-state index in [0.717, 1.165) is 11.4 Å². The number of nitrogens with one attached hydrogen (secondary N) is 2. The van der Waals surface area contributed by atoms with Crippen LogP contribution in [0, 0.1) is 0 Å². The van der Waals surface area contributed by atoms with E-state index in [1.165, 1.54) is 18.3 Å². The highest BCUT2D eigenvalue weighted by Gasteiger charge is 2.13. The lowest BCUT2D eigenvalue weighted by molar-refractivity contribution is -0.0489. The van der Waals surface area contributed by atoms with Crippen molar-refractivity contribution in [3.8, 4) is 11.4 Å². The van der Waals surface area contributed by atoms with Crippen LogP contribution in [0.1, 0.15) is 5.69 Å². The van der Waals surface area contributed by atoms with Gasteiger partial charge in [-0.15, -0.1) is 0 Å². The number of rotatable bonds is 7. The number of fused-ring (bicyclic) bond motifs is 1. The van der Waals surface area contributed by atoms with E-state index in [9.17, 15) is 13.6 Å². The maximum Gasteiger partial charge on any atom is 0.387 e. The molecule has 0 saturated carbocycles. The lowest BCUT2D eigenvalue weighted by atomic mass is 10.1. The molecule has 2 aromatic carbocycles. The minimum atomic E-state index is -2.96. The first-order valence-electron chi connectivity index (χ1n) is 9.57. The Kier molecular flexibility index (Phi) is 6.02. The molecule has 0 aliphatic heterocycles. The zero-order valence-corrected chi connectivity index (χ0v) is 16.3. The average molecular weight is 423 g/mol. The summed E-state index contributed by atoms with van der Waals surface area (Å²) in [5.74, 6) is -0.0504. The number of carbonyl (C=O) groups is 1. The Morgan fingerprint density at radius 1 is 1.06 bits per heavy atom. The highest BCUT2D eigenvalue weighted by atomic mass is 19.3.